The molecule has 0 bridgehead atoms. The molecule has 0 aliphatic carbocycles. The number of rotatable bonds is 2. The van der Waals surface area contributed by atoms with Gasteiger partial charge < -0.3 is 5.11 Å². The second-order valence-corrected chi connectivity index (χ2v) is 4.53. The van der Waals surface area contributed by atoms with Gasteiger partial charge in [-0.15, -0.1) is 11.3 Å². The highest BCUT2D eigenvalue weighted by atomic mass is 35.5. The van der Waals surface area contributed by atoms with E-state index >= 15 is 0 Å². The van der Waals surface area contributed by atoms with Gasteiger partial charge in [0, 0.05) is 9.72 Å². The monoisotopic (exact) mass is 226 g/mol. The van der Waals surface area contributed by atoms with Crippen LogP contribution in [0.2, 0.25) is 5.02 Å². The maximum absolute atomic E-state index is 9.19. The first-order valence-electron chi connectivity index (χ1n) is 4.55. The first-order valence-corrected chi connectivity index (χ1v) is 5.81. The number of aryl methyl sites for hydroxylation is 1. The number of benzene rings is 1. The Hall–Kier alpha value is -0.570. The van der Waals surface area contributed by atoms with Crippen LogP contribution in [-0.4, -0.2) is 5.11 Å². The van der Waals surface area contributed by atoms with Crippen LogP contribution in [0.1, 0.15) is 18.1 Å². The summed E-state index contributed by atoms with van der Waals surface area (Å²) >= 11 is 7.66. The van der Waals surface area contributed by atoms with Crippen LogP contribution in [0.15, 0.2) is 17.5 Å². The molecule has 0 spiro atoms. The normalized spacial score (nSPS) is 11.1. The number of thiophene rings is 1. The number of aliphatic hydroxyl groups is 1. The summed E-state index contributed by atoms with van der Waals surface area (Å²) in [4.78, 5) is 0. The Morgan fingerprint density at radius 2 is 2.14 bits per heavy atom. The highest BCUT2D eigenvalue weighted by Crippen LogP contribution is 2.32. The van der Waals surface area contributed by atoms with Crippen LogP contribution in [0.25, 0.3) is 10.1 Å². The Labute approximate surface area is 91.9 Å². The second-order valence-electron chi connectivity index (χ2n) is 3.21. The lowest BCUT2D eigenvalue weighted by Gasteiger charge is -2.01. The summed E-state index contributed by atoms with van der Waals surface area (Å²) in [6.07, 6.45) is 1.01. The lowest BCUT2D eigenvalue weighted by Crippen LogP contribution is -1.84. The standard InChI is InChI=1S/C11H11ClOS/c1-2-7-6-14-11-8(5-13)3-9(12)4-10(7)11/h3-4,6,13H,2,5H2,1H3. The van der Waals surface area contributed by atoms with Crippen LogP contribution in [0.4, 0.5) is 0 Å². The predicted octanol–water partition coefficient (Wildman–Crippen LogP) is 3.61. The fourth-order valence-corrected chi connectivity index (χ4v) is 3.00. The summed E-state index contributed by atoms with van der Waals surface area (Å²) in [6.45, 7) is 2.18. The third-order valence-corrected chi connectivity index (χ3v) is 3.69. The van der Waals surface area contributed by atoms with E-state index in [4.69, 9.17) is 11.6 Å². The summed E-state index contributed by atoms with van der Waals surface area (Å²) in [5, 5.41) is 13.2. The maximum Gasteiger partial charge on any atom is 0.0696 e. The molecule has 2 aromatic rings. The minimum Gasteiger partial charge on any atom is -0.392 e. The molecule has 0 saturated carbocycles. The molecule has 1 heterocycles. The van der Waals surface area contributed by atoms with E-state index in [1.54, 1.807) is 11.3 Å². The van der Waals surface area contributed by atoms with Crippen LogP contribution in [0.5, 0.6) is 0 Å². The van der Waals surface area contributed by atoms with Gasteiger partial charge in [-0.2, -0.15) is 0 Å². The summed E-state index contributed by atoms with van der Waals surface area (Å²) in [6, 6.07) is 3.81. The Bertz CT molecular complexity index is 462. The first-order chi connectivity index (χ1) is 6.76. The smallest absolute Gasteiger partial charge is 0.0696 e. The average molecular weight is 227 g/mol. The third-order valence-electron chi connectivity index (χ3n) is 2.35. The summed E-state index contributed by atoms with van der Waals surface area (Å²) in [7, 11) is 0. The van der Waals surface area contributed by atoms with Crippen molar-refractivity contribution in [2.75, 3.05) is 0 Å². The van der Waals surface area contributed by atoms with Gasteiger partial charge in [-0.05, 0) is 40.4 Å². The lowest BCUT2D eigenvalue weighted by molar-refractivity contribution is 0.283. The molecule has 0 amide bonds. The summed E-state index contributed by atoms with van der Waals surface area (Å²) < 4.78 is 1.16. The zero-order valence-corrected chi connectivity index (χ0v) is 9.45. The molecular formula is C11H11ClOS. The molecule has 0 radical (unpaired) electrons. The van der Waals surface area contributed by atoms with Gasteiger partial charge in [-0.3, -0.25) is 0 Å². The van der Waals surface area contributed by atoms with Crippen molar-refractivity contribution < 1.29 is 5.11 Å². The van der Waals surface area contributed by atoms with Gasteiger partial charge in [0.25, 0.3) is 0 Å². The van der Waals surface area contributed by atoms with E-state index < -0.39 is 0 Å². The molecule has 1 N–H and O–H groups in total. The number of aliphatic hydroxyl groups excluding tert-OH is 1. The van der Waals surface area contributed by atoms with Crippen molar-refractivity contribution in [1.82, 2.24) is 0 Å². The first kappa shape index (κ1) is 9.97. The Morgan fingerprint density at radius 1 is 1.36 bits per heavy atom. The molecule has 1 aromatic carbocycles. The Kier molecular flexibility index (Phi) is 2.77. The average Bonchev–Trinajstić information content (AvgIpc) is 2.59. The Balaban J connectivity index is 2.76. The van der Waals surface area contributed by atoms with Crippen LogP contribution >= 0.6 is 22.9 Å². The van der Waals surface area contributed by atoms with Crippen molar-refractivity contribution in [3.05, 3.63) is 33.7 Å². The zero-order chi connectivity index (χ0) is 10.1. The van der Waals surface area contributed by atoms with E-state index in [0.29, 0.717) is 5.02 Å². The van der Waals surface area contributed by atoms with Gasteiger partial charge >= 0.3 is 0 Å². The van der Waals surface area contributed by atoms with E-state index in [2.05, 4.69) is 12.3 Å². The molecule has 14 heavy (non-hydrogen) atoms. The fourth-order valence-electron chi connectivity index (χ4n) is 1.61. The molecular weight excluding hydrogens is 216 g/mol. The van der Waals surface area contributed by atoms with Crippen molar-refractivity contribution in [3.8, 4) is 0 Å². The van der Waals surface area contributed by atoms with Gasteiger partial charge in [0.05, 0.1) is 6.61 Å². The highest BCUT2D eigenvalue weighted by molar-refractivity contribution is 7.17. The fraction of sp³-hybridized carbons (Fsp3) is 0.273. The maximum atomic E-state index is 9.19. The molecule has 0 fully saturated rings. The third kappa shape index (κ3) is 1.54. The van der Waals surface area contributed by atoms with Crippen molar-refractivity contribution in [1.29, 1.82) is 0 Å². The summed E-state index contributed by atoms with van der Waals surface area (Å²) in [5.74, 6) is 0. The van der Waals surface area contributed by atoms with Gasteiger partial charge in [-0.25, -0.2) is 0 Å². The largest absolute Gasteiger partial charge is 0.392 e. The van der Waals surface area contributed by atoms with Crippen LogP contribution < -0.4 is 0 Å². The van der Waals surface area contributed by atoms with Crippen molar-refractivity contribution in [3.63, 3.8) is 0 Å². The number of fused-ring (bicyclic) bond motifs is 1. The molecule has 0 atom stereocenters. The van der Waals surface area contributed by atoms with Gasteiger partial charge in [0.2, 0.25) is 0 Å². The minimum absolute atomic E-state index is 0.0563. The van der Waals surface area contributed by atoms with Crippen molar-refractivity contribution in [2.24, 2.45) is 0 Å². The van der Waals surface area contributed by atoms with Gasteiger partial charge in [-0.1, -0.05) is 18.5 Å². The van der Waals surface area contributed by atoms with E-state index in [1.165, 1.54) is 10.9 Å². The molecule has 0 aliphatic rings. The summed E-state index contributed by atoms with van der Waals surface area (Å²) in [5.41, 5.74) is 2.24. The number of halogens is 1. The molecule has 74 valence electrons. The van der Waals surface area contributed by atoms with Crippen molar-refractivity contribution in [2.45, 2.75) is 20.0 Å². The SMILES string of the molecule is CCc1csc2c(CO)cc(Cl)cc12. The molecule has 1 nitrogen and oxygen atoms in total. The topological polar surface area (TPSA) is 20.2 Å². The minimum atomic E-state index is 0.0563. The van der Waals surface area contributed by atoms with Crippen molar-refractivity contribution >= 4 is 33.0 Å². The molecule has 1 aromatic heterocycles. The Morgan fingerprint density at radius 3 is 2.79 bits per heavy atom. The van der Waals surface area contributed by atoms with Crippen LogP contribution in [-0.2, 0) is 13.0 Å². The van der Waals surface area contributed by atoms with E-state index in [0.717, 1.165) is 16.7 Å². The molecule has 3 heteroatoms. The van der Waals surface area contributed by atoms with Gasteiger partial charge in [0.15, 0.2) is 0 Å². The van der Waals surface area contributed by atoms with Crippen LogP contribution in [0, 0.1) is 0 Å². The van der Waals surface area contributed by atoms with E-state index in [9.17, 15) is 5.11 Å². The predicted molar refractivity (Wildman–Crippen MR) is 62.1 cm³/mol. The quantitative estimate of drug-likeness (QED) is 0.830. The second kappa shape index (κ2) is 3.89. The van der Waals surface area contributed by atoms with Crippen LogP contribution in [0.3, 0.4) is 0 Å². The molecule has 0 aliphatic heterocycles. The van der Waals surface area contributed by atoms with E-state index in [1.807, 2.05) is 12.1 Å². The number of hydrogen-bond donors (Lipinski definition) is 1. The van der Waals surface area contributed by atoms with Gasteiger partial charge in [0.1, 0.15) is 0 Å². The zero-order valence-electron chi connectivity index (χ0n) is 7.88. The molecule has 0 unspecified atom stereocenters. The lowest BCUT2D eigenvalue weighted by atomic mass is 10.1. The number of hydrogen-bond acceptors (Lipinski definition) is 2. The molecule has 0 saturated heterocycles. The molecule has 2 rings (SSSR count). The van der Waals surface area contributed by atoms with E-state index in [-0.39, 0.29) is 6.61 Å². The highest BCUT2D eigenvalue weighted by Gasteiger charge is 2.07.